The number of aromatic hydroxyl groups is 1. The van der Waals surface area contributed by atoms with Crippen LogP contribution in [0.3, 0.4) is 0 Å². The maximum atomic E-state index is 14.5. The number of likely N-dealkylation sites (N-methyl/N-ethyl adjacent to an activating group) is 1. The number of hydrogen-bond acceptors (Lipinski definition) is 15. The second-order valence-electron chi connectivity index (χ2n) is 18.9. The van der Waals surface area contributed by atoms with Crippen molar-refractivity contribution >= 4 is 48.8 Å². The lowest BCUT2D eigenvalue weighted by molar-refractivity contribution is 0.173. The van der Waals surface area contributed by atoms with Crippen molar-refractivity contribution in [2.75, 3.05) is 69.3 Å². The molecule has 1 aliphatic carbocycles. The Morgan fingerprint density at radius 2 is 1.46 bits per heavy atom. The molecule has 74 heavy (non-hydrogen) atoms. The summed E-state index contributed by atoms with van der Waals surface area (Å²) in [4.78, 5) is 9.57. The molecular weight excluding hydrogens is 1000 g/mol. The lowest BCUT2D eigenvalue weighted by Gasteiger charge is -2.40. The minimum absolute atomic E-state index is 0.0452. The van der Waals surface area contributed by atoms with Crippen molar-refractivity contribution in [1.82, 2.24) is 23.2 Å². The van der Waals surface area contributed by atoms with Crippen LogP contribution in [0.5, 0.6) is 51.7 Å². The molecule has 19 heteroatoms. The molecule has 2 aliphatic heterocycles. The van der Waals surface area contributed by atoms with E-state index in [-0.39, 0.29) is 28.0 Å². The number of nitrogens with zero attached hydrogens (tertiary/aromatic N) is 5. The van der Waals surface area contributed by atoms with Crippen molar-refractivity contribution in [3.8, 4) is 62.9 Å². The topological polar surface area (TPSA) is 174 Å². The average molecular weight is 1060 g/mol. The molecule has 11 rings (SSSR count). The Balaban J connectivity index is 0.998. The van der Waals surface area contributed by atoms with E-state index in [9.17, 15) is 13.5 Å². The molecule has 0 bridgehead atoms. The molecule has 0 saturated carbocycles. The summed E-state index contributed by atoms with van der Waals surface area (Å²) in [5.74, 6) is 4.36. The number of phenolic OH excluding ortho intramolecular Hbond substituents is 1. The van der Waals surface area contributed by atoms with E-state index in [4.69, 9.17) is 50.5 Å². The number of aromatic nitrogens is 3. The van der Waals surface area contributed by atoms with Crippen molar-refractivity contribution < 1.29 is 46.7 Å². The predicted molar refractivity (Wildman–Crippen MR) is 285 cm³/mol. The molecule has 0 radical (unpaired) electrons. The molecule has 3 aliphatic rings. The maximum Gasteiger partial charge on any atom is 0.287 e. The van der Waals surface area contributed by atoms with Gasteiger partial charge in [0.2, 0.25) is 5.03 Å². The Kier molecular flexibility index (Phi) is 13.1. The summed E-state index contributed by atoms with van der Waals surface area (Å²) in [5.41, 5.74) is 16.4. The number of ether oxygens (including phenoxy) is 7. The standard InChI is InChI=1S/C55H57ClN6O10S2/c1-59-14-11-32-22-49(71-7)52(63)51-38-26-46(69-5)48(23-34(38)19-41(59)50(32)51)72-42-27-47(70-6)44(67-3)24-35(42)20-40-37-25-45(68-4)43(66-2)21-31(37)12-15-60(40)28-30-8-9-39-36(18-30)33(10-13-57)29-62(39)74(64,65)54-53(56)58-55-61(54)16-17-73-55/h8-9,16-18,21-27,29,40-41,63H,10-15,19-20,28,57H2,1-7H3. The largest absolute Gasteiger partial charge is 0.504 e. The van der Waals surface area contributed by atoms with E-state index in [2.05, 4.69) is 40.0 Å². The fourth-order valence-electron chi connectivity index (χ4n) is 11.4. The lowest BCUT2D eigenvalue weighted by Crippen LogP contribution is -2.36. The Bertz CT molecular complexity index is 3630. The SMILES string of the molecule is COc1cc(CC2c3cc(OC)c(OC)cc3CCN2Cc2ccc3c(c2)c(CCN)cn3S(=O)(=O)c2c(Cl)nc3sccn23)c(Oc2cc3c(cc2OC)-c2c(O)c(OC)cc4c2C(C3)N(C)CC4)cc1OC. The van der Waals surface area contributed by atoms with Crippen molar-refractivity contribution in [3.63, 3.8) is 0 Å². The zero-order chi connectivity index (χ0) is 51.7. The fraction of sp³-hybridized carbons (Fsp3) is 0.327. The van der Waals surface area contributed by atoms with E-state index >= 15 is 0 Å². The highest BCUT2D eigenvalue weighted by Crippen LogP contribution is 2.54. The molecule has 0 spiro atoms. The molecule has 8 aromatic rings. The molecule has 5 aromatic carbocycles. The van der Waals surface area contributed by atoms with Crippen molar-refractivity contribution in [2.24, 2.45) is 5.73 Å². The van der Waals surface area contributed by atoms with Gasteiger partial charge in [0.1, 0.15) is 5.75 Å². The first-order chi connectivity index (χ1) is 35.8. The van der Waals surface area contributed by atoms with E-state index in [0.29, 0.717) is 95.4 Å². The molecule has 16 nitrogen and oxygen atoms in total. The van der Waals surface area contributed by atoms with Crippen molar-refractivity contribution in [3.05, 3.63) is 128 Å². The molecule has 3 aromatic heterocycles. The number of fused-ring (bicyclic) bond motifs is 5. The van der Waals surface area contributed by atoms with Crippen LogP contribution in [0, 0.1) is 0 Å². The monoisotopic (exact) mass is 1060 g/mol. The highest BCUT2D eigenvalue weighted by atomic mass is 35.5. The van der Waals surface area contributed by atoms with Crippen LogP contribution in [0.1, 0.15) is 56.6 Å². The zero-order valence-electron chi connectivity index (χ0n) is 42.2. The third-order valence-corrected chi connectivity index (χ3v) is 17.8. The number of rotatable bonds is 16. The van der Waals surface area contributed by atoms with Gasteiger partial charge < -0.3 is 44.0 Å². The molecule has 2 unspecified atom stereocenters. The van der Waals surface area contributed by atoms with Crippen LogP contribution in [-0.4, -0.2) is 106 Å². The number of benzene rings is 5. The number of imidazole rings is 1. The van der Waals surface area contributed by atoms with Crippen LogP contribution < -0.4 is 38.9 Å². The third-order valence-electron chi connectivity index (χ3n) is 15.0. The normalized spacial score (nSPS) is 16.4. The van der Waals surface area contributed by atoms with Gasteiger partial charge in [0.05, 0.1) is 48.2 Å². The smallest absolute Gasteiger partial charge is 0.287 e. The van der Waals surface area contributed by atoms with E-state index in [1.807, 2.05) is 42.5 Å². The minimum atomic E-state index is -4.18. The van der Waals surface area contributed by atoms with Gasteiger partial charge in [-0.3, -0.25) is 14.2 Å². The van der Waals surface area contributed by atoms with Gasteiger partial charge >= 0.3 is 0 Å². The van der Waals surface area contributed by atoms with Crippen molar-refractivity contribution in [2.45, 2.75) is 55.8 Å². The minimum Gasteiger partial charge on any atom is -0.504 e. The van der Waals surface area contributed by atoms with Gasteiger partial charge in [-0.2, -0.15) is 8.42 Å². The molecule has 2 atom stereocenters. The Morgan fingerprint density at radius 3 is 2.20 bits per heavy atom. The average Bonchev–Trinajstić information content (AvgIpc) is 4.12. The summed E-state index contributed by atoms with van der Waals surface area (Å²) in [5, 5.41) is 14.1. The maximum absolute atomic E-state index is 14.5. The Labute approximate surface area is 438 Å². The first-order valence-electron chi connectivity index (χ1n) is 24.3. The summed E-state index contributed by atoms with van der Waals surface area (Å²) in [6.45, 7) is 2.39. The Morgan fingerprint density at radius 1 is 0.784 bits per heavy atom. The van der Waals surface area contributed by atoms with Gasteiger partial charge in [0.25, 0.3) is 10.0 Å². The number of hydrogen-bond donors (Lipinski definition) is 2. The number of thiazole rings is 1. The quantitative estimate of drug-likeness (QED) is 0.0937. The van der Waals surface area contributed by atoms with Gasteiger partial charge in [-0.15, -0.1) is 11.3 Å². The van der Waals surface area contributed by atoms with Crippen LogP contribution in [0.15, 0.2) is 83.5 Å². The lowest BCUT2D eigenvalue weighted by atomic mass is 9.76. The van der Waals surface area contributed by atoms with E-state index < -0.39 is 10.0 Å². The van der Waals surface area contributed by atoms with Crippen LogP contribution >= 0.6 is 22.9 Å². The number of methoxy groups -OCH3 is 6. The predicted octanol–water partition coefficient (Wildman–Crippen LogP) is 9.39. The summed E-state index contributed by atoms with van der Waals surface area (Å²) in [7, 11) is 7.64. The summed E-state index contributed by atoms with van der Waals surface area (Å²) in [6.07, 6.45) is 6.50. The van der Waals surface area contributed by atoms with Gasteiger partial charge in [-0.05, 0) is 139 Å². The molecular formula is C55H57ClN6O10S2. The summed E-state index contributed by atoms with van der Waals surface area (Å²) >= 11 is 7.82. The highest BCUT2D eigenvalue weighted by Gasteiger charge is 2.38. The second kappa shape index (κ2) is 19.6. The molecule has 0 saturated heterocycles. The number of halogens is 1. The third kappa shape index (κ3) is 8.22. The summed E-state index contributed by atoms with van der Waals surface area (Å²) < 4.78 is 74.2. The number of phenols is 1. The molecule has 5 heterocycles. The second-order valence-corrected chi connectivity index (χ2v) is 21.8. The zero-order valence-corrected chi connectivity index (χ0v) is 44.5. The van der Waals surface area contributed by atoms with E-state index in [0.717, 1.165) is 74.8 Å². The van der Waals surface area contributed by atoms with Gasteiger partial charge in [0.15, 0.2) is 56.1 Å². The van der Waals surface area contributed by atoms with Crippen LogP contribution in [-0.2, 0) is 48.7 Å². The molecule has 0 fully saturated rings. The molecule has 3 N–H and O–H groups in total. The number of nitrogens with two attached hydrogens (primary N) is 1. The van der Waals surface area contributed by atoms with Crippen molar-refractivity contribution in [1.29, 1.82) is 0 Å². The van der Waals surface area contributed by atoms with E-state index in [1.54, 1.807) is 60.4 Å². The van der Waals surface area contributed by atoms with Crippen LogP contribution in [0.2, 0.25) is 5.15 Å². The van der Waals surface area contributed by atoms with Gasteiger partial charge in [-0.25, -0.2) is 8.96 Å². The van der Waals surface area contributed by atoms with Crippen LogP contribution in [0.4, 0.5) is 0 Å². The van der Waals surface area contributed by atoms with E-state index in [1.165, 1.54) is 25.3 Å². The summed E-state index contributed by atoms with van der Waals surface area (Å²) in [6, 6.07) is 19.6. The highest BCUT2D eigenvalue weighted by molar-refractivity contribution is 7.90. The fourth-order valence-corrected chi connectivity index (χ4v) is 14.2. The molecule has 386 valence electrons. The van der Waals surface area contributed by atoms with Gasteiger partial charge in [-0.1, -0.05) is 17.7 Å². The van der Waals surface area contributed by atoms with Crippen LogP contribution in [0.25, 0.3) is 27.0 Å². The first kappa shape index (κ1) is 49.5. The Hall–Kier alpha value is -6.67. The van der Waals surface area contributed by atoms with Gasteiger partial charge in [0, 0.05) is 72.1 Å². The first-order valence-corrected chi connectivity index (χ1v) is 27.0. The molecule has 0 amide bonds.